The maximum absolute atomic E-state index is 4.52. The van der Waals surface area contributed by atoms with Crippen molar-refractivity contribution in [3.05, 3.63) is 22.3 Å². The number of aryl methyl sites for hydroxylation is 1. The summed E-state index contributed by atoms with van der Waals surface area (Å²) in [4.78, 5) is 8.87. The molecule has 0 saturated heterocycles. The van der Waals surface area contributed by atoms with Crippen LogP contribution < -0.4 is 0 Å². The molecule has 0 fully saturated rings. The lowest BCUT2D eigenvalue weighted by molar-refractivity contribution is 0.741. The van der Waals surface area contributed by atoms with E-state index in [1.807, 2.05) is 24.6 Å². The van der Waals surface area contributed by atoms with Crippen LogP contribution in [0.2, 0.25) is 0 Å². The Morgan fingerprint density at radius 3 is 2.56 bits per heavy atom. The Hall–Kier alpha value is -0.950. The van der Waals surface area contributed by atoms with Gasteiger partial charge in [-0.15, -0.1) is 10.2 Å². The highest BCUT2D eigenvalue weighted by molar-refractivity contribution is 9.10. The Morgan fingerprint density at radius 1 is 1.28 bits per heavy atom. The SMILES string of the molecule is Cc1nnc(Sc2cc(Br)nc(C(C)C)n2)n1C. The second-order valence-electron chi connectivity index (χ2n) is 4.23. The Labute approximate surface area is 119 Å². The van der Waals surface area contributed by atoms with Crippen LogP contribution in [0.3, 0.4) is 0 Å². The standard InChI is InChI=1S/C11H14BrN5S/c1-6(2)10-13-8(12)5-9(14-10)18-11-16-15-7(3)17(11)4/h5-6H,1-4H3. The van der Waals surface area contributed by atoms with Gasteiger partial charge in [0.05, 0.1) is 0 Å². The molecule has 0 bridgehead atoms. The van der Waals surface area contributed by atoms with Crippen molar-refractivity contribution in [2.45, 2.75) is 36.9 Å². The summed E-state index contributed by atoms with van der Waals surface area (Å²) in [6.07, 6.45) is 0. The molecule has 96 valence electrons. The monoisotopic (exact) mass is 327 g/mol. The summed E-state index contributed by atoms with van der Waals surface area (Å²) in [6, 6.07) is 1.89. The number of halogens is 1. The van der Waals surface area contributed by atoms with E-state index >= 15 is 0 Å². The third-order valence-corrected chi connectivity index (χ3v) is 3.82. The Kier molecular flexibility index (Phi) is 4.01. The van der Waals surface area contributed by atoms with Crippen molar-refractivity contribution in [2.24, 2.45) is 7.05 Å². The van der Waals surface area contributed by atoms with E-state index in [0.29, 0.717) is 5.92 Å². The van der Waals surface area contributed by atoms with E-state index in [4.69, 9.17) is 0 Å². The molecule has 2 aromatic rings. The van der Waals surface area contributed by atoms with E-state index in [0.717, 1.165) is 26.4 Å². The topological polar surface area (TPSA) is 56.5 Å². The third kappa shape index (κ3) is 2.89. The summed E-state index contributed by atoms with van der Waals surface area (Å²) in [5, 5.41) is 9.84. The van der Waals surface area contributed by atoms with Crippen LogP contribution >= 0.6 is 27.7 Å². The van der Waals surface area contributed by atoms with Crippen molar-refractivity contribution >= 4 is 27.7 Å². The average Bonchev–Trinajstić information content (AvgIpc) is 2.60. The summed E-state index contributed by atoms with van der Waals surface area (Å²) in [7, 11) is 1.94. The molecular weight excluding hydrogens is 314 g/mol. The second-order valence-corrected chi connectivity index (χ2v) is 6.03. The number of hydrogen-bond acceptors (Lipinski definition) is 5. The van der Waals surface area contributed by atoms with E-state index < -0.39 is 0 Å². The first-order valence-corrected chi connectivity index (χ1v) is 7.16. The summed E-state index contributed by atoms with van der Waals surface area (Å²) in [5.74, 6) is 2.00. The molecule has 0 aliphatic heterocycles. The van der Waals surface area contributed by atoms with Gasteiger partial charge in [0.15, 0.2) is 5.16 Å². The minimum atomic E-state index is 0.295. The van der Waals surface area contributed by atoms with Crippen molar-refractivity contribution in [1.82, 2.24) is 24.7 Å². The van der Waals surface area contributed by atoms with Crippen molar-refractivity contribution < 1.29 is 0 Å². The van der Waals surface area contributed by atoms with Crippen LogP contribution in [-0.4, -0.2) is 24.7 Å². The van der Waals surface area contributed by atoms with E-state index in [1.54, 1.807) is 0 Å². The normalized spacial score (nSPS) is 11.2. The van der Waals surface area contributed by atoms with Gasteiger partial charge < -0.3 is 4.57 Å². The Bertz CT molecular complexity index is 567. The molecule has 0 aliphatic rings. The smallest absolute Gasteiger partial charge is 0.197 e. The highest BCUT2D eigenvalue weighted by Crippen LogP contribution is 2.27. The van der Waals surface area contributed by atoms with Gasteiger partial charge in [-0.2, -0.15) is 0 Å². The summed E-state index contributed by atoms with van der Waals surface area (Å²) in [6.45, 7) is 6.07. The fourth-order valence-corrected chi connectivity index (χ4v) is 2.69. The molecular formula is C11H14BrN5S. The van der Waals surface area contributed by atoms with Gasteiger partial charge >= 0.3 is 0 Å². The maximum Gasteiger partial charge on any atom is 0.197 e. The quantitative estimate of drug-likeness (QED) is 0.811. The highest BCUT2D eigenvalue weighted by atomic mass is 79.9. The number of rotatable bonds is 3. The second kappa shape index (κ2) is 5.36. The van der Waals surface area contributed by atoms with Gasteiger partial charge in [-0.25, -0.2) is 9.97 Å². The largest absolute Gasteiger partial charge is 0.309 e. The van der Waals surface area contributed by atoms with Gasteiger partial charge in [0.2, 0.25) is 0 Å². The van der Waals surface area contributed by atoms with Gasteiger partial charge in [0.1, 0.15) is 21.3 Å². The molecule has 0 radical (unpaired) electrons. The Balaban J connectivity index is 2.32. The van der Waals surface area contributed by atoms with Crippen molar-refractivity contribution in [1.29, 1.82) is 0 Å². The maximum atomic E-state index is 4.52. The lowest BCUT2D eigenvalue weighted by Crippen LogP contribution is -2.00. The molecule has 2 heterocycles. The predicted octanol–water partition coefficient (Wildman–Crippen LogP) is 2.95. The van der Waals surface area contributed by atoms with E-state index in [2.05, 4.69) is 49.9 Å². The molecule has 0 aromatic carbocycles. The lowest BCUT2D eigenvalue weighted by Gasteiger charge is -2.07. The number of aromatic nitrogens is 5. The van der Waals surface area contributed by atoms with Gasteiger partial charge in [0, 0.05) is 19.0 Å². The molecule has 0 spiro atoms. The first-order valence-electron chi connectivity index (χ1n) is 5.55. The van der Waals surface area contributed by atoms with Crippen LogP contribution in [0, 0.1) is 6.92 Å². The van der Waals surface area contributed by atoms with E-state index in [1.165, 1.54) is 11.8 Å². The summed E-state index contributed by atoms with van der Waals surface area (Å²) >= 11 is 4.90. The molecule has 18 heavy (non-hydrogen) atoms. The first-order chi connectivity index (χ1) is 8.47. The van der Waals surface area contributed by atoms with Crippen LogP contribution in [0.5, 0.6) is 0 Å². The minimum absolute atomic E-state index is 0.295. The molecule has 7 heteroatoms. The molecule has 0 unspecified atom stereocenters. The molecule has 0 aliphatic carbocycles. The molecule has 2 rings (SSSR count). The molecule has 0 amide bonds. The molecule has 2 aromatic heterocycles. The number of nitrogens with zero attached hydrogens (tertiary/aromatic N) is 5. The van der Waals surface area contributed by atoms with Crippen LogP contribution in [0.15, 0.2) is 20.9 Å². The molecule has 0 atom stereocenters. The molecule has 0 saturated carbocycles. The van der Waals surface area contributed by atoms with Crippen LogP contribution in [-0.2, 0) is 7.05 Å². The minimum Gasteiger partial charge on any atom is -0.309 e. The zero-order valence-electron chi connectivity index (χ0n) is 10.7. The van der Waals surface area contributed by atoms with Crippen molar-refractivity contribution in [3.8, 4) is 0 Å². The van der Waals surface area contributed by atoms with Gasteiger partial charge in [-0.05, 0) is 34.6 Å². The van der Waals surface area contributed by atoms with Gasteiger partial charge in [-0.3, -0.25) is 0 Å². The van der Waals surface area contributed by atoms with Crippen LogP contribution in [0.1, 0.15) is 31.4 Å². The summed E-state index contributed by atoms with van der Waals surface area (Å²) in [5.41, 5.74) is 0. The number of hydrogen-bond donors (Lipinski definition) is 0. The Morgan fingerprint density at radius 2 is 2.00 bits per heavy atom. The zero-order chi connectivity index (χ0) is 13.3. The lowest BCUT2D eigenvalue weighted by atomic mass is 10.2. The van der Waals surface area contributed by atoms with E-state index in [-0.39, 0.29) is 0 Å². The highest BCUT2D eigenvalue weighted by Gasteiger charge is 2.11. The van der Waals surface area contributed by atoms with Crippen LogP contribution in [0.4, 0.5) is 0 Å². The average molecular weight is 328 g/mol. The van der Waals surface area contributed by atoms with E-state index in [9.17, 15) is 0 Å². The molecule has 5 nitrogen and oxygen atoms in total. The van der Waals surface area contributed by atoms with Gasteiger partial charge in [0.25, 0.3) is 0 Å². The third-order valence-electron chi connectivity index (χ3n) is 2.45. The first kappa shape index (κ1) is 13.5. The van der Waals surface area contributed by atoms with Crippen LogP contribution in [0.25, 0.3) is 0 Å². The zero-order valence-corrected chi connectivity index (χ0v) is 13.1. The predicted molar refractivity (Wildman–Crippen MR) is 73.7 cm³/mol. The summed E-state index contributed by atoms with van der Waals surface area (Å²) < 4.78 is 2.73. The van der Waals surface area contributed by atoms with Crippen molar-refractivity contribution in [3.63, 3.8) is 0 Å². The fraction of sp³-hybridized carbons (Fsp3) is 0.455. The van der Waals surface area contributed by atoms with Gasteiger partial charge in [-0.1, -0.05) is 13.8 Å². The van der Waals surface area contributed by atoms with Crippen molar-refractivity contribution in [2.75, 3.05) is 0 Å². The molecule has 0 N–H and O–H groups in total. The fourth-order valence-electron chi connectivity index (χ4n) is 1.29.